The van der Waals surface area contributed by atoms with Gasteiger partial charge in [0.2, 0.25) is 0 Å². The van der Waals surface area contributed by atoms with Gasteiger partial charge < -0.3 is 10.1 Å². The lowest BCUT2D eigenvalue weighted by molar-refractivity contribution is -0.123. The molecule has 1 saturated heterocycles. The van der Waals surface area contributed by atoms with Gasteiger partial charge in [-0.1, -0.05) is 48.0 Å². The Morgan fingerprint density at radius 3 is 2.53 bits per heavy atom. The summed E-state index contributed by atoms with van der Waals surface area (Å²) in [6, 6.07) is 18.9. The van der Waals surface area contributed by atoms with E-state index in [0.29, 0.717) is 12.2 Å². The number of nitrogens with one attached hydrogen (secondary N) is 1. The Labute approximate surface area is 199 Å². The topological polar surface area (TPSA) is 58.6 Å². The number of halogens is 2. The summed E-state index contributed by atoms with van der Waals surface area (Å²) < 4.78 is 19.9. The Balaban J connectivity index is 1.45. The normalized spacial score (nSPS) is 14.7. The van der Waals surface area contributed by atoms with E-state index in [9.17, 15) is 14.0 Å². The Hall–Kier alpha value is -3.20. The summed E-state index contributed by atoms with van der Waals surface area (Å²) in [5, 5.41) is 2.61. The summed E-state index contributed by atoms with van der Waals surface area (Å²) in [6.45, 7) is 2.58. The number of imide groups is 1. The molecule has 0 saturated carbocycles. The molecule has 0 spiro atoms. The van der Waals surface area contributed by atoms with Crippen molar-refractivity contribution in [3.8, 4) is 5.75 Å². The third kappa shape index (κ3) is 5.16. The molecule has 32 heavy (non-hydrogen) atoms. The van der Waals surface area contributed by atoms with Gasteiger partial charge in [0.1, 0.15) is 23.9 Å². The minimum Gasteiger partial charge on any atom is -0.488 e. The molecule has 3 amide bonds. The van der Waals surface area contributed by atoms with Crippen molar-refractivity contribution in [1.82, 2.24) is 10.2 Å². The largest absolute Gasteiger partial charge is 0.488 e. The monoisotopic (exact) mass is 542 g/mol. The zero-order valence-electron chi connectivity index (χ0n) is 17.3. The van der Waals surface area contributed by atoms with Crippen LogP contribution in [0.2, 0.25) is 0 Å². The van der Waals surface area contributed by atoms with E-state index in [-0.39, 0.29) is 18.1 Å². The van der Waals surface area contributed by atoms with Crippen molar-refractivity contribution in [3.05, 3.63) is 104 Å². The summed E-state index contributed by atoms with van der Waals surface area (Å²) in [5.74, 6) is -0.0458. The minimum absolute atomic E-state index is 0.0750. The number of benzene rings is 3. The molecule has 7 heteroatoms. The van der Waals surface area contributed by atoms with Crippen LogP contribution in [-0.2, 0) is 17.9 Å². The van der Waals surface area contributed by atoms with Crippen LogP contribution in [0.1, 0.15) is 22.3 Å². The first kappa shape index (κ1) is 22.0. The standard InChI is InChI=1S/C25H20FIN2O3/c1-16-3-2-4-19(11-16)15-32-23-10-7-18(12-21(23)27)13-22-24(30)29(25(31)28-22)14-17-5-8-20(26)9-6-17/h2-13H,14-15H2,1H3,(H,28,31)/b22-13+. The molecule has 3 aromatic carbocycles. The van der Waals surface area contributed by atoms with E-state index in [4.69, 9.17) is 4.74 Å². The molecule has 0 atom stereocenters. The van der Waals surface area contributed by atoms with E-state index in [2.05, 4.69) is 34.0 Å². The lowest BCUT2D eigenvalue weighted by Crippen LogP contribution is -2.30. The molecule has 3 aromatic rings. The molecule has 1 aliphatic heterocycles. The molecule has 0 aliphatic carbocycles. The third-order valence-electron chi connectivity index (χ3n) is 4.96. The molecular weight excluding hydrogens is 522 g/mol. The number of ether oxygens (including phenoxy) is 1. The zero-order valence-corrected chi connectivity index (χ0v) is 19.4. The molecule has 0 radical (unpaired) electrons. The average Bonchev–Trinajstić information content (AvgIpc) is 3.02. The fraction of sp³-hybridized carbons (Fsp3) is 0.120. The Kier molecular flexibility index (Phi) is 6.55. The van der Waals surface area contributed by atoms with Crippen molar-refractivity contribution < 1.29 is 18.7 Å². The van der Waals surface area contributed by atoms with Crippen LogP contribution in [0.15, 0.2) is 72.4 Å². The van der Waals surface area contributed by atoms with Crippen LogP contribution < -0.4 is 10.1 Å². The summed E-state index contributed by atoms with van der Waals surface area (Å²) >= 11 is 2.19. The first-order chi connectivity index (χ1) is 15.4. The molecule has 1 aliphatic rings. The number of hydrogen-bond acceptors (Lipinski definition) is 3. The van der Waals surface area contributed by atoms with Crippen molar-refractivity contribution in [1.29, 1.82) is 0 Å². The Morgan fingerprint density at radius 1 is 1.03 bits per heavy atom. The van der Waals surface area contributed by atoms with Gasteiger partial charge in [0.25, 0.3) is 5.91 Å². The second-order valence-corrected chi connectivity index (χ2v) is 8.64. The van der Waals surface area contributed by atoms with Gasteiger partial charge in [-0.25, -0.2) is 9.18 Å². The van der Waals surface area contributed by atoms with Gasteiger partial charge in [0.05, 0.1) is 10.1 Å². The average molecular weight is 542 g/mol. The number of carbonyl (C=O) groups is 2. The highest BCUT2D eigenvalue weighted by atomic mass is 127. The number of aryl methyl sites for hydroxylation is 1. The quantitative estimate of drug-likeness (QED) is 0.258. The Morgan fingerprint density at radius 2 is 1.81 bits per heavy atom. The molecule has 162 valence electrons. The highest BCUT2D eigenvalue weighted by Crippen LogP contribution is 2.25. The predicted octanol–water partition coefficient (Wildman–Crippen LogP) is 5.41. The van der Waals surface area contributed by atoms with Crippen LogP contribution in [0.25, 0.3) is 6.08 Å². The second-order valence-electron chi connectivity index (χ2n) is 7.47. The van der Waals surface area contributed by atoms with Crippen molar-refractivity contribution in [2.24, 2.45) is 0 Å². The first-order valence-electron chi connectivity index (χ1n) is 9.96. The molecule has 4 rings (SSSR count). The number of amides is 3. The van der Waals surface area contributed by atoms with Crippen LogP contribution in [-0.4, -0.2) is 16.8 Å². The molecule has 1 fully saturated rings. The van der Waals surface area contributed by atoms with Gasteiger partial charge in [0.15, 0.2) is 0 Å². The number of hydrogen-bond donors (Lipinski definition) is 1. The zero-order chi connectivity index (χ0) is 22.7. The molecule has 0 aromatic heterocycles. The van der Waals surface area contributed by atoms with E-state index < -0.39 is 11.9 Å². The number of rotatable bonds is 6. The van der Waals surface area contributed by atoms with Crippen LogP contribution in [0.4, 0.5) is 9.18 Å². The van der Waals surface area contributed by atoms with Gasteiger partial charge in [0, 0.05) is 0 Å². The van der Waals surface area contributed by atoms with Gasteiger partial charge in [-0.2, -0.15) is 0 Å². The summed E-state index contributed by atoms with van der Waals surface area (Å²) in [5.41, 5.74) is 3.90. The van der Waals surface area contributed by atoms with Gasteiger partial charge in [-0.05, 0) is 76.5 Å². The highest BCUT2D eigenvalue weighted by Gasteiger charge is 2.33. The lowest BCUT2D eigenvalue weighted by atomic mass is 10.1. The molecule has 1 heterocycles. The number of nitrogens with zero attached hydrogens (tertiary/aromatic N) is 1. The fourth-order valence-electron chi connectivity index (χ4n) is 3.34. The van der Waals surface area contributed by atoms with E-state index in [1.165, 1.54) is 17.7 Å². The molecular formula is C25H20FIN2O3. The van der Waals surface area contributed by atoms with Crippen LogP contribution in [0.3, 0.4) is 0 Å². The van der Waals surface area contributed by atoms with E-state index >= 15 is 0 Å². The Bertz CT molecular complexity index is 1210. The van der Waals surface area contributed by atoms with E-state index in [0.717, 1.165) is 25.3 Å². The molecule has 0 unspecified atom stereocenters. The van der Waals surface area contributed by atoms with Crippen LogP contribution in [0, 0.1) is 16.3 Å². The van der Waals surface area contributed by atoms with E-state index in [1.54, 1.807) is 18.2 Å². The summed E-state index contributed by atoms with van der Waals surface area (Å²) in [7, 11) is 0. The lowest BCUT2D eigenvalue weighted by Gasteiger charge is -2.11. The maximum atomic E-state index is 13.1. The van der Waals surface area contributed by atoms with Crippen molar-refractivity contribution >= 4 is 40.6 Å². The molecule has 1 N–H and O–H groups in total. The fourth-order valence-corrected chi connectivity index (χ4v) is 4.04. The summed E-state index contributed by atoms with van der Waals surface area (Å²) in [4.78, 5) is 26.1. The van der Waals surface area contributed by atoms with Crippen molar-refractivity contribution in [3.63, 3.8) is 0 Å². The van der Waals surface area contributed by atoms with Crippen molar-refractivity contribution in [2.75, 3.05) is 0 Å². The smallest absolute Gasteiger partial charge is 0.329 e. The molecule has 5 nitrogen and oxygen atoms in total. The summed E-state index contributed by atoms with van der Waals surface area (Å²) in [6.07, 6.45) is 1.64. The van der Waals surface area contributed by atoms with Gasteiger partial charge >= 0.3 is 6.03 Å². The van der Waals surface area contributed by atoms with Gasteiger partial charge in [-0.15, -0.1) is 0 Å². The first-order valence-corrected chi connectivity index (χ1v) is 11.0. The van der Waals surface area contributed by atoms with E-state index in [1.807, 2.05) is 43.3 Å². The van der Waals surface area contributed by atoms with Gasteiger partial charge in [-0.3, -0.25) is 9.69 Å². The number of carbonyl (C=O) groups excluding carboxylic acids is 2. The van der Waals surface area contributed by atoms with Crippen LogP contribution >= 0.6 is 22.6 Å². The predicted molar refractivity (Wildman–Crippen MR) is 128 cm³/mol. The maximum Gasteiger partial charge on any atom is 0.329 e. The maximum absolute atomic E-state index is 13.1. The highest BCUT2D eigenvalue weighted by molar-refractivity contribution is 14.1. The molecule has 0 bridgehead atoms. The number of urea groups is 1. The van der Waals surface area contributed by atoms with Crippen LogP contribution in [0.5, 0.6) is 5.75 Å². The second kappa shape index (κ2) is 9.52. The van der Waals surface area contributed by atoms with Crippen molar-refractivity contribution in [2.45, 2.75) is 20.1 Å². The SMILES string of the molecule is Cc1cccc(COc2ccc(/C=C3/NC(=O)N(Cc4ccc(F)cc4)C3=O)cc2I)c1. The third-order valence-corrected chi connectivity index (χ3v) is 5.80. The minimum atomic E-state index is -0.502.